The lowest BCUT2D eigenvalue weighted by molar-refractivity contribution is 0.0916. The van der Waals surface area contributed by atoms with E-state index in [0.29, 0.717) is 29.7 Å². The van der Waals surface area contributed by atoms with E-state index < -0.39 is 6.10 Å². The zero-order valence-electron chi connectivity index (χ0n) is 13.7. The summed E-state index contributed by atoms with van der Waals surface area (Å²) in [6.07, 6.45) is 2.30. The quantitative estimate of drug-likeness (QED) is 0.797. The number of aliphatic hydroxyl groups excluding tert-OH is 1. The van der Waals surface area contributed by atoms with E-state index in [-0.39, 0.29) is 23.6 Å². The van der Waals surface area contributed by atoms with Gasteiger partial charge in [0.25, 0.3) is 5.91 Å². The van der Waals surface area contributed by atoms with E-state index in [1.165, 1.54) is 6.33 Å². The number of aryl methyl sites for hydroxylation is 2. The third kappa shape index (κ3) is 3.31. The molecule has 1 aromatic carbocycles. The summed E-state index contributed by atoms with van der Waals surface area (Å²) in [5, 5.41) is 19.7. The molecule has 3 N–H and O–H groups in total. The molecule has 1 aromatic heterocycles. The summed E-state index contributed by atoms with van der Waals surface area (Å²) in [7, 11) is 0. The maximum atomic E-state index is 13.7. The van der Waals surface area contributed by atoms with Crippen LogP contribution in [0.1, 0.15) is 46.1 Å². The molecule has 7 heteroatoms. The Kier molecular flexibility index (Phi) is 4.62. The van der Waals surface area contributed by atoms with Gasteiger partial charge in [0.2, 0.25) is 0 Å². The molecule has 1 heterocycles. The maximum Gasteiger partial charge on any atom is 0.251 e. The number of benzene rings is 1. The molecule has 0 unspecified atom stereocenters. The Hall–Kier alpha value is -2.28. The molecule has 1 aliphatic rings. The molecule has 1 aliphatic carbocycles. The summed E-state index contributed by atoms with van der Waals surface area (Å²) in [6.45, 7) is 3.66. The fourth-order valence-electron chi connectivity index (χ4n) is 3.36. The van der Waals surface area contributed by atoms with Crippen molar-refractivity contribution in [2.24, 2.45) is 5.92 Å². The lowest BCUT2D eigenvalue weighted by Crippen LogP contribution is -2.32. The van der Waals surface area contributed by atoms with Crippen LogP contribution in [0.4, 0.5) is 4.39 Å². The number of carbonyl (C=O) groups is 1. The van der Waals surface area contributed by atoms with Gasteiger partial charge in [0.15, 0.2) is 0 Å². The van der Waals surface area contributed by atoms with Crippen molar-refractivity contribution < 1.29 is 14.3 Å². The number of halogens is 1. The Bertz CT molecular complexity index is 709. The largest absolute Gasteiger partial charge is 0.393 e. The topological polar surface area (TPSA) is 90.9 Å². The van der Waals surface area contributed by atoms with E-state index in [1.54, 1.807) is 26.0 Å². The van der Waals surface area contributed by atoms with Crippen LogP contribution in [0.3, 0.4) is 0 Å². The molecule has 1 fully saturated rings. The molecule has 0 saturated heterocycles. The van der Waals surface area contributed by atoms with Crippen molar-refractivity contribution in [1.82, 2.24) is 20.5 Å². The Morgan fingerprint density at radius 1 is 1.38 bits per heavy atom. The van der Waals surface area contributed by atoms with Crippen LogP contribution in [0.15, 0.2) is 18.5 Å². The first-order valence-corrected chi connectivity index (χ1v) is 8.04. The van der Waals surface area contributed by atoms with Gasteiger partial charge in [0.1, 0.15) is 18.0 Å². The molecule has 1 saturated carbocycles. The van der Waals surface area contributed by atoms with Gasteiger partial charge in [-0.15, -0.1) is 0 Å². The number of nitrogens with one attached hydrogen (secondary N) is 2. The number of amides is 1. The SMILES string of the molecule is Cc1cc(C(=O)NC[C@@H]2C[C@@H](c3ncn[nH]3)C[C@@H]2O)cc(C)c1F. The fourth-order valence-corrected chi connectivity index (χ4v) is 3.36. The molecule has 3 atom stereocenters. The number of H-pyrrole nitrogens is 1. The highest BCUT2D eigenvalue weighted by Gasteiger charge is 2.35. The van der Waals surface area contributed by atoms with Crippen molar-refractivity contribution in [2.45, 2.75) is 38.7 Å². The minimum absolute atomic E-state index is 0.0355. The average Bonchev–Trinajstić information content (AvgIpc) is 3.19. The predicted octanol–water partition coefficient (Wildman–Crippen LogP) is 1.85. The first-order valence-electron chi connectivity index (χ1n) is 8.04. The molecule has 0 spiro atoms. The number of nitrogens with zero attached hydrogens (tertiary/aromatic N) is 2. The van der Waals surface area contributed by atoms with Crippen LogP contribution in [0.2, 0.25) is 0 Å². The van der Waals surface area contributed by atoms with Crippen molar-refractivity contribution in [3.8, 4) is 0 Å². The van der Waals surface area contributed by atoms with Crippen LogP contribution < -0.4 is 5.32 Å². The third-order valence-corrected chi connectivity index (χ3v) is 4.70. The molecular formula is C17H21FN4O2. The lowest BCUT2D eigenvalue weighted by atomic mass is 10.0. The third-order valence-electron chi connectivity index (χ3n) is 4.70. The Labute approximate surface area is 139 Å². The highest BCUT2D eigenvalue weighted by atomic mass is 19.1. The number of aliphatic hydroxyl groups is 1. The van der Waals surface area contributed by atoms with Crippen LogP contribution in [0.5, 0.6) is 0 Å². The second-order valence-electron chi connectivity index (χ2n) is 6.50. The first kappa shape index (κ1) is 16.6. The maximum absolute atomic E-state index is 13.7. The van der Waals surface area contributed by atoms with E-state index in [1.807, 2.05) is 0 Å². The van der Waals surface area contributed by atoms with Gasteiger partial charge in [-0.2, -0.15) is 5.10 Å². The molecule has 128 valence electrons. The zero-order valence-corrected chi connectivity index (χ0v) is 13.7. The Morgan fingerprint density at radius 3 is 2.71 bits per heavy atom. The summed E-state index contributed by atoms with van der Waals surface area (Å²) < 4.78 is 13.7. The van der Waals surface area contributed by atoms with Crippen LogP contribution in [-0.2, 0) is 0 Å². The van der Waals surface area contributed by atoms with Crippen molar-refractivity contribution in [3.05, 3.63) is 46.8 Å². The van der Waals surface area contributed by atoms with Gasteiger partial charge in [0.05, 0.1) is 6.10 Å². The Morgan fingerprint density at radius 2 is 2.08 bits per heavy atom. The highest BCUT2D eigenvalue weighted by molar-refractivity contribution is 5.94. The van der Waals surface area contributed by atoms with Gasteiger partial charge < -0.3 is 10.4 Å². The monoisotopic (exact) mass is 332 g/mol. The molecule has 0 radical (unpaired) electrons. The molecule has 3 rings (SSSR count). The molecular weight excluding hydrogens is 311 g/mol. The average molecular weight is 332 g/mol. The number of aromatic nitrogens is 3. The summed E-state index contributed by atoms with van der Waals surface area (Å²) in [4.78, 5) is 16.4. The normalized spacial score (nSPS) is 23.4. The van der Waals surface area contributed by atoms with Gasteiger partial charge in [-0.1, -0.05) is 0 Å². The van der Waals surface area contributed by atoms with Crippen molar-refractivity contribution >= 4 is 5.91 Å². The second-order valence-corrected chi connectivity index (χ2v) is 6.50. The van der Waals surface area contributed by atoms with Crippen molar-refractivity contribution in [2.75, 3.05) is 6.54 Å². The molecule has 1 amide bonds. The van der Waals surface area contributed by atoms with Gasteiger partial charge in [0, 0.05) is 23.9 Å². The lowest BCUT2D eigenvalue weighted by Gasteiger charge is -2.15. The Balaban J connectivity index is 1.60. The molecule has 0 aliphatic heterocycles. The highest BCUT2D eigenvalue weighted by Crippen LogP contribution is 2.36. The van der Waals surface area contributed by atoms with Crippen molar-refractivity contribution in [3.63, 3.8) is 0 Å². The number of hydrogen-bond acceptors (Lipinski definition) is 4. The van der Waals surface area contributed by atoms with Crippen molar-refractivity contribution in [1.29, 1.82) is 0 Å². The van der Waals surface area contributed by atoms with Gasteiger partial charge >= 0.3 is 0 Å². The van der Waals surface area contributed by atoms with E-state index in [0.717, 1.165) is 12.2 Å². The van der Waals surface area contributed by atoms with Crippen LogP contribution in [0, 0.1) is 25.6 Å². The van der Waals surface area contributed by atoms with Crippen LogP contribution >= 0.6 is 0 Å². The minimum Gasteiger partial charge on any atom is -0.393 e. The summed E-state index contributed by atoms with van der Waals surface area (Å²) in [5.41, 5.74) is 1.34. The van der Waals surface area contributed by atoms with E-state index in [9.17, 15) is 14.3 Å². The van der Waals surface area contributed by atoms with E-state index >= 15 is 0 Å². The number of hydrogen-bond donors (Lipinski definition) is 3. The zero-order chi connectivity index (χ0) is 17.3. The standard InChI is InChI=1S/C17H21FN4O2/c1-9-3-12(4-10(2)15(9)18)17(24)19-7-13-5-11(6-14(13)23)16-20-8-21-22-16/h3-4,8,11,13-14,23H,5-7H2,1-2H3,(H,19,24)(H,20,21,22)/t11-,13+,14+/m1/s1. The van der Waals surface area contributed by atoms with E-state index in [2.05, 4.69) is 20.5 Å². The van der Waals surface area contributed by atoms with Gasteiger partial charge in [-0.05, 0) is 49.9 Å². The second kappa shape index (κ2) is 6.68. The number of aromatic amines is 1. The summed E-state index contributed by atoms with van der Waals surface area (Å²) >= 11 is 0. The van der Waals surface area contributed by atoms with Gasteiger partial charge in [-0.25, -0.2) is 9.37 Å². The molecule has 6 nitrogen and oxygen atoms in total. The van der Waals surface area contributed by atoms with Crippen LogP contribution in [-0.4, -0.2) is 38.8 Å². The van der Waals surface area contributed by atoms with Gasteiger partial charge in [-0.3, -0.25) is 9.89 Å². The molecule has 0 bridgehead atoms. The molecule has 2 aromatic rings. The summed E-state index contributed by atoms with van der Waals surface area (Å²) in [6, 6.07) is 3.08. The number of rotatable bonds is 4. The van der Waals surface area contributed by atoms with E-state index in [4.69, 9.17) is 0 Å². The molecule has 24 heavy (non-hydrogen) atoms. The summed E-state index contributed by atoms with van der Waals surface area (Å²) in [5.74, 6) is 0.322. The number of carbonyl (C=O) groups excluding carboxylic acids is 1. The minimum atomic E-state index is -0.489. The van der Waals surface area contributed by atoms with Crippen LogP contribution in [0.25, 0.3) is 0 Å². The first-order chi connectivity index (χ1) is 11.5. The smallest absolute Gasteiger partial charge is 0.251 e. The fraction of sp³-hybridized carbons (Fsp3) is 0.471. The predicted molar refractivity (Wildman–Crippen MR) is 86.1 cm³/mol.